The molecule has 4 heteroatoms. The molecule has 2 unspecified atom stereocenters. The van der Waals surface area contributed by atoms with Crippen LogP contribution in [0, 0.1) is 0 Å². The molecule has 1 fully saturated rings. The second-order valence-corrected chi connectivity index (χ2v) is 4.73. The fourth-order valence-electron chi connectivity index (χ4n) is 1.85. The van der Waals surface area contributed by atoms with E-state index in [-0.39, 0.29) is 11.6 Å². The molecule has 2 N–H and O–H groups in total. The Bertz CT molecular complexity index is 318. The smallest absolute Gasteiger partial charge is 0.137 e. The van der Waals surface area contributed by atoms with Crippen LogP contribution in [0.1, 0.15) is 31.6 Å². The highest BCUT2D eigenvalue weighted by molar-refractivity contribution is 9.10. The molecule has 1 aromatic rings. The van der Waals surface area contributed by atoms with Crippen molar-refractivity contribution in [3.63, 3.8) is 0 Å². The van der Waals surface area contributed by atoms with Gasteiger partial charge in [0.05, 0.1) is 22.4 Å². The Morgan fingerprint density at radius 3 is 2.93 bits per heavy atom. The highest BCUT2D eigenvalue weighted by Gasteiger charge is 2.39. The molecule has 0 saturated carbocycles. The summed E-state index contributed by atoms with van der Waals surface area (Å²) in [5.41, 5.74) is 5.85. The third-order valence-corrected chi connectivity index (χ3v) is 3.49. The van der Waals surface area contributed by atoms with Crippen LogP contribution >= 0.6 is 15.9 Å². The lowest BCUT2D eigenvalue weighted by molar-refractivity contribution is -0.00707. The molecule has 0 aromatic carbocycles. The predicted molar refractivity (Wildman–Crippen MR) is 56.9 cm³/mol. The van der Waals surface area contributed by atoms with Gasteiger partial charge in [0.1, 0.15) is 5.76 Å². The number of hydrogen-bond donors (Lipinski definition) is 1. The molecule has 2 heterocycles. The van der Waals surface area contributed by atoms with Gasteiger partial charge in [0, 0.05) is 6.61 Å². The van der Waals surface area contributed by atoms with E-state index in [1.54, 1.807) is 6.26 Å². The van der Waals surface area contributed by atoms with Gasteiger partial charge in [-0.1, -0.05) is 0 Å². The molecule has 3 nitrogen and oxygen atoms in total. The molecule has 2 rings (SSSR count). The van der Waals surface area contributed by atoms with Gasteiger partial charge >= 0.3 is 0 Å². The number of ether oxygens (including phenoxy) is 1. The van der Waals surface area contributed by atoms with Crippen LogP contribution in [0.25, 0.3) is 0 Å². The van der Waals surface area contributed by atoms with E-state index in [1.165, 1.54) is 0 Å². The summed E-state index contributed by atoms with van der Waals surface area (Å²) in [5, 5.41) is 0. The highest BCUT2D eigenvalue weighted by atomic mass is 79.9. The van der Waals surface area contributed by atoms with Crippen molar-refractivity contribution >= 4 is 15.9 Å². The van der Waals surface area contributed by atoms with Gasteiger partial charge in [0.25, 0.3) is 0 Å². The molecule has 0 aliphatic carbocycles. The average molecular weight is 260 g/mol. The van der Waals surface area contributed by atoms with Crippen LogP contribution in [0.5, 0.6) is 0 Å². The molecule has 1 aliphatic rings. The monoisotopic (exact) mass is 259 g/mol. The van der Waals surface area contributed by atoms with Crippen molar-refractivity contribution in [1.29, 1.82) is 0 Å². The number of furan rings is 1. The molecule has 0 spiro atoms. The van der Waals surface area contributed by atoms with Crippen molar-refractivity contribution in [2.45, 2.75) is 31.4 Å². The van der Waals surface area contributed by atoms with Crippen LogP contribution < -0.4 is 5.73 Å². The van der Waals surface area contributed by atoms with E-state index >= 15 is 0 Å². The maximum Gasteiger partial charge on any atom is 0.137 e. The van der Waals surface area contributed by atoms with Crippen LogP contribution in [-0.2, 0) is 4.74 Å². The zero-order valence-corrected chi connectivity index (χ0v) is 9.71. The fraction of sp³-hybridized carbons (Fsp3) is 0.600. The van der Waals surface area contributed by atoms with Gasteiger partial charge in [-0.2, -0.15) is 0 Å². The van der Waals surface area contributed by atoms with Gasteiger partial charge in [-0.25, -0.2) is 0 Å². The minimum Gasteiger partial charge on any atom is -0.466 e. The van der Waals surface area contributed by atoms with Crippen LogP contribution in [-0.4, -0.2) is 12.2 Å². The SMILES string of the molecule is CC1(C(N)c2occc2Br)CCCO1. The Morgan fingerprint density at radius 1 is 1.64 bits per heavy atom. The van der Waals surface area contributed by atoms with E-state index in [0.717, 1.165) is 29.7 Å². The third-order valence-electron chi connectivity index (χ3n) is 2.83. The van der Waals surface area contributed by atoms with E-state index in [2.05, 4.69) is 15.9 Å². The largest absolute Gasteiger partial charge is 0.466 e. The first-order valence-electron chi connectivity index (χ1n) is 4.76. The summed E-state index contributed by atoms with van der Waals surface area (Å²) >= 11 is 3.41. The normalized spacial score (nSPS) is 29.4. The molecule has 1 saturated heterocycles. The minimum absolute atomic E-state index is 0.200. The maximum absolute atomic E-state index is 6.13. The number of halogens is 1. The van der Waals surface area contributed by atoms with Crippen LogP contribution in [0.3, 0.4) is 0 Å². The Labute approximate surface area is 91.7 Å². The molecule has 14 heavy (non-hydrogen) atoms. The third kappa shape index (κ3) is 1.62. The van der Waals surface area contributed by atoms with Crippen LogP contribution in [0.4, 0.5) is 0 Å². The Morgan fingerprint density at radius 2 is 2.43 bits per heavy atom. The molecular formula is C10H14BrNO2. The summed E-state index contributed by atoms with van der Waals surface area (Å²) in [7, 11) is 0. The first-order chi connectivity index (χ1) is 6.63. The zero-order valence-electron chi connectivity index (χ0n) is 8.13. The zero-order chi connectivity index (χ0) is 10.2. The summed E-state index contributed by atoms with van der Waals surface area (Å²) in [6, 6.07) is 1.66. The average Bonchev–Trinajstić information content (AvgIpc) is 2.74. The number of rotatable bonds is 2. The van der Waals surface area contributed by atoms with Crippen molar-refractivity contribution < 1.29 is 9.15 Å². The van der Waals surface area contributed by atoms with Gasteiger partial charge in [-0.3, -0.25) is 0 Å². The maximum atomic E-state index is 6.13. The Balaban J connectivity index is 2.23. The van der Waals surface area contributed by atoms with Gasteiger partial charge in [0.15, 0.2) is 0 Å². The topological polar surface area (TPSA) is 48.4 Å². The lowest BCUT2D eigenvalue weighted by Gasteiger charge is -2.29. The van der Waals surface area contributed by atoms with Gasteiger partial charge in [-0.15, -0.1) is 0 Å². The summed E-state index contributed by atoms with van der Waals surface area (Å²) in [6.07, 6.45) is 3.70. The summed E-state index contributed by atoms with van der Waals surface area (Å²) in [5.74, 6) is 0.773. The van der Waals surface area contributed by atoms with Gasteiger partial charge in [-0.05, 0) is 41.8 Å². The van der Waals surface area contributed by atoms with E-state index in [4.69, 9.17) is 14.9 Å². The highest BCUT2D eigenvalue weighted by Crippen LogP contribution is 2.38. The second-order valence-electron chi connectivity index (χ2n) is 3.88. The fourth-order valence-corrected chi connectivity index (χ4v) is 2.30. The lowest BCUT2D eigenvalue weighted by Crippen LogP contribution is -2.37. The summed E-state index contributed by atoms with van der Waals surface area (Å²) in [4.78, 5) is 0. The van der Waals surface area contributed by atoms with Crippen LogP contribution in [0.2, 0.25) is 0 Å². The van der Waals surface area contributed by atoms with Crippen molar-refractivity contribution in [2.75, 3.05) is 6.61 Å². The van der Waals surface area contributed by atoms with E-state index in [0.29, 0.717) is 0 Å². The lowest BCUT2D eigenvalue weighted by atomic mass is 9.92. The van der Waals surface area contributed by atoms with Crippen molar-refractivity contribution in [3.8, 4) is 0 Å². The van der Waals surface area contributed by atoms with Gasteiger partial charge in [0.2, 0.25) is 0 Å². The molecular weight excluding hydrogens is 246 g/mol. The molecule has 0 amide bonds. The Hall–Kier alpha value is -0.320. The van der Waals surface area contributed by atoms with Crippen molar-refractivity contribution in [2.24, 2.45) is 5.73 Å². The van der Waals surface area contributed by atoms with Crippen LogP contribution in [0.15, 0.2) is 21.2 Å². The number of hydrogen-bond acceptors (Lipinski definition) is 3. The molecule has 2 atom stereocenters. The van der Waals surface area contributed by atoms with Gasteiger partial charge < -0.3 is 14.9 Å². The minimum atomic E-state index is -0.277. The first-order valence-corrected chi connectivity index (χ1v) is 5.55. The summed E-state index contributed by atoms with van der Waals surface area (Å²) < 4.78 is 11.9. The quantitative estimate of drug-likeness (QED) is 0.889. The first kappa shape index (κ1) is 10.2. The Kier molecular flexibility index (Phi) is 2.68. The molecule has 1 aliphatic heterocycles. The summed E-state index contributed by atoms with van der Waals surface area (Å²) in [6.45, 7) is 2.84. The molecule has 0 radical (unpaired) electrons. The van der Waals surface area contributed by atoms with Crippen molar-refractivity contribution in [3.05, 3.63) is 22.6 Å². The molecule has 0 bridgehead atoms. The molecule has 78 valence electrons. The van der Waals surface area contributed by atoms with E-state index < -0.39 is 0 Å². The second kappa shape index (κ2) is 3.68. The predicted octanol–water partition coefficient (Wildman–Crippen LogP) is 2.61. The standard InChI is InChI=1S/C10H14BrNO2/c1-10(4-2-5-14-10)9(12)8-7(11)3-6-13-8/h3,6,9H,2,4-5,12H2,1H3. The molecule has 1 aromatic heterocycles. The van der Waals surface area contributed by atoms with E-state index in [9.17, 15) is 0 Å². The number of nitrogens with two attached hydrogens (primary N) is 1. The van der Waals surface area contributed by atoms with E-state index in [1.807, 2.05) is 13.0 Å². The van der Waals surface area contributed by atoms with Crippen molar-refractivity contribution in [1.82, 2.24) is 0 Å².